The predicted octanol–water partition coefficient (Wildman–Crippen LogP) is 3.55. The molecule has 2 aromatic rings. The van der Waals surface area contributed by atoms with Gasteiger partial charge in [0.05, 0.1) is 15.8 Å². The minimum atomic E-state index is -3.70. The molecule has 1 heterocycles. The summed E-state index contributed by atoms with van der Waals surface area (Å²) in [5.41, 5.74) is 2.16. The van der Waals surface area contributed by atoms with Crippen molar-refractivity contribution in [2.75, 3.05) is 0 Å². The van der Waals surface area contributed by atoms with Crippen LogP contribution in [0.4, 0.5) is 0 Å². The normalized spacial score (nSPS) is 16.2. The van der Waals surface area contributed by atoms with Crippen LogP contribution in [0.1, 0.15) is 64.3 Å². The lowest BCUT2D eigenvalue weighted by Gasteiger charge is -2.14. The molecule has 1 aliphatic carbocycles. The Balaban J connectivity index is 1.70. The molecule has 0 saturated heterocycles. The molecule has 1 amide bonds. The smallest absolute Gasteiger partial charge is 0.261 e. The van der Waals surface area contributed by atoms with Crippen LogP contribution in [0.25, 0.3) is 0 Å². The average Bonchev–Trinajstić information content (AvgIpc) is 2.96. The molecule has 0 fully saturated rings. The van der Waals surface area contributed by atoms with Crippen LogP contribution in [0, 0.1) is 0 Å². The van der Waals surface area contributed by atoms with E-state index in [4.69, 9.17) is 5.14 Å². The molecule has 0 aliphatic heterocycles. The molecule has 7 heteroatoms. The Hall–Kier alpha value is -1.70. The molecule has 1 aromatic carbocycles. The fraction of sp³-hybridized carbons (Fsp3) is 0.421. The van der Waals surface area contributed by atoms with E-state index in [1.807, 2.05) is 13.0 Å². The number of aryl methyl sites for hydroxylation is 2. The molecule has 0 radical (unpaired) electrons. The molecule has 1 aliphatic rings. The third-order valence-corrected chi connectivity index (χ3v) is 6.94. The topological polar surface area (TPSA) is 89.3 Å². The van der Waals surface area contributed by atoms with E-state index in [2.05, 4.69) is 5.32 Å². The number of carbonyl (C=O) groups is 1. The van der Waals surface area contributed by atoms with E-state index in [0.29, 0.717) is 0 Å². The monoisotopic (exact) mass is 392 g/mol. The maximum Gasteiger partial charge on any atom is 0.261 e. The first-order valence-corrected chi connectivity index (χ1v) is 11.3. The van der Waals surface area contributed by atoms with Crippen LogP contribution in [0.3, 0.4) is 0 Å². The van der Waals surface area contributed by atoms with E-state index >= 15 is 0 Å². The molecule has 0 saturated carbocycles. The van der Waals surface area contributed by atoms with Gasteiger partial charge in [-0.15, -0.1) is 11.3 Å². The fourth-order valence-corrected chi connectivity index (χ4v) is 4.93. The standard InChI is InChI=1S/C19H24N2O3S2/c1-13(14-8-10-16(11-9-14)26(20,23)24)21-19(22)18-12-15-6-4-2-3-5-7-17(15)25-18/h8-13H,2-7H2,1H3,(H,21,22)(H2,20,23,24). The van der Waals surface area contributed by atoms with Crippen LogP contribution in [-0.2, 0) is 22.9 Å². The average molecular weight is 393 g/mol. The van der Waals surface area contributed by atoms with E-state index in [0.717, 1.165) is 23.3 Å². The van der Waals surface area contributed by atoms with Gasteiger partial charge in [-0.05, 0) is 61.9 Å². The minimum Gasteiger partial charge on any atom is -0.345 e. The summed E-state index contributed by atoms with van der Waals surface area (Å²) in [7, 11) is -3.70. The molecule has 1 aromatic heterocycles. The maximum absolute atomic E-state index is 12.6. The van der Waals surface area contributed by atoms with Crippen molar-refractivity contribution in [2.45, 2.75) is 56.4 Å². The zero-order valence-corrected chi connectivity index (χ0v) is 16.5. The molecular formula is C19H24N2O3S2. The predicted molar refractivity (Wildman–Crippen MR) is 104 cm³/mol. The van der Waals surface area contributed by atoms with E-state index in [-0.39, 0.29) is 16.8 Å². The molecule has 0 bridgehead atoms. The summed E-state index contributed by atoms with van der Waals surface area (Å²) >= 11 is 1.60. The summed E-state index contributed by atoms with van der Waals surface area (Å²) in [4.78, 5) is 14.8. The summed E-state index contributed by atoms with van der Waals surface area (Å²) in [6.45, 7) is 1.88. The molecule has 140 valence electrons. The summed E-state index contributed by atoms with van der Waals surface area (Å²) in [6, 6.07) is 8.10. The van der Waals surface area contributed by atoms with Crippen molar-refractivity contribution < 1.29 is 13.2 Å². The SMILES string of the molecule is CC(NC(=O)c1cc2c(s1)CCCCCC2)c1ccc(S(N)(=O)=O)cc1. The van der Waals surface area contributed by atoms with Gasteiger partial charge in [0.1, 0.15) is 0 Å². The van der Waals surface area contributed by atoms with Gasteiger partial charge in [-0.1, -0.05) is 25.0 Å². The quantitative estimate of drug-likeness (QED) is 0.834. The highest BCUT2D eigenvalue weighted by Gasteiger charge is 2.18. The number of hydrogen-bond donors (Lipinski definition) is 2. The Morgan fingerprint density at radius 2 is 1.77 bits per heavy atom. The molecular weight excluding hydrogens is 368 g/mol. The number of thiophene rings is 1. The number of benzene rings is 1. The second-order valence-corrected chi connectivity index (χ2v) is 9.48. The second-order valence-electron chi connectivity index (χ2n) is 6.78. The summed E-state index contributed by atoms with van der Waals surface area (Å²) in [6.07, 6.45) is 7.05. The summed E-state index contributed by atoms with van der Waals surface area (Å²) in [5.74, 6) is -0.0789. The highest BCUT2D eigenvalue weighted by atomic mass is 32.2. The van der Waals surface area contributed by atoms with Gasteiger partial charge in [0, 0.05) is 4.88 Å². The largest absolute Gasteiger partial charge is 0.345 e. The third-order valence-electron chi connectivity index (χ3n) is 4.78. The van der Waals surface area contributed by atoms with Gasteiger partial charge in [0.15, 0.2) is 0 Å². The zero-order valence-electron chi connectivity index (χ0n) is 14.8. The Labute approximate surface area is 158 Å². The lowest BCUT2D eigenvalue weighted by atomic mass is 10.00. The van der Waals surface area contributed by atoms with E-state index in [9.17, 15) is 13.2 Å². The number of nitrogens with one attached hydrogen (secondary N) is 1. The van der Waals surface area contributed by atoms with Crippen molar-refractivity contribution in [2.24, 2.45) is 5.14 Å². The van der Waals surface area contributed by atoms with Gasteiger partial charge in [0.25, 0.3) is 5.91 Å². The summed E-state index contributed by atoms with van der Waals surface area (Å²) < 4.78 is 22.7. The number of amides is 1. The van der Waals surface area contributed by atoms with Gasteiger partial charge in [0.2, 0.25) is 10.0 Å². The van der Waals surface area contributed by atoms with Gasteiger partial charge >= 0.3 is 0 Å². The Kier molecular flexibility index (Phi) is 5.79. The highest BCUT2D eigenvalue weighted by molar-refractivity contribution is 7.89. The molecule has 3 rings (SSSR count). The number of nitrogens with two attached hydrogens (primary N) is 1. The molecule has 0 spiro atoms. The lowest BCUT2D eigenvalue weighted by molar-refractivity contribution is 0.0944. The Morgan fingerprint density at radius 1 is 1.12 bits per heavy atom. The number of hydrogen-bond acceptors (Lipinski definition) is 4. The molecule has 5 nitrogen and oxygen atoms in total. The van der Waals surface area contributed by atoms with Crippen LogP contribution in [0.5, 0.6) is 0 Å². The van der Waals surface area contributed by atoms with Crippen LogP contribution in [0.2, 0.25) is 0 Å². The van der Waals surface area contributed by atoms with Gasteiger partial charge in [-0.3, -0.25) is 4.79 Å². The van der Waals surface area contributed by atoms with Crippen molar-refractivity contribution in [3.05, 3.63) is 51.2 Å². The second kappa shape index (κ2) is 7.90. The first-order chi connectivity index (χ1) is 12.3. The molecule has 1 atom stereocenters. The van der Waals surface area contributed by atoms with E-state index in [1.54, 1.807) is 23.5 Å². The third kappa shape index (κ3) is 4.52. The van der Waals surface area contributed by atoms with Crippen molar-refractivity contribution in [3.8, 4) is 0 Å². The summed E-state index contributed by atoms with van der Waals surface area (Å²) in [5, 5.41) is 8.12. The number of fused-ring (bicyclic) bond motifs is 1. The van der Waals surface area contributed by atoms with Crippen molar-refractivity contribution in [1.82, 2.24) is 5.32 Å². The Morgan fingerprint density at radius 3 is 2.42 bits per heavy atom. The number of carbonyl (C=O) groups excluding carboxylic acids is 1. The molecule has 26 heavy (non-hydrogen) atoms. The van der Waals surface area contributed by atoms with Crippen LogP contribution < -0.4 is 10.5 Å². The van der Waals surface area contributed by atoms with Gasteiger partial charge in [-0.2, -0.15) is 0 Å². The molecule has 1 unspecified atom stereocenters. The van der Waals surface area contributed by atoms with Crippen LogP contribution in [0.15, 0.2) is 35.2 Å². The van der Waals surface area contributed by atoms with Crippen molar-refractivity contribution in [3.63, 3.8) is 0 Å². The van der Waals surface area contributed by atoms with Crippen molar-refractivity contribution in [1.29, 1.82) is 0 Å². The van der Waals surface area contributed by atoms with Gasteiger partial charge in [-0.25, -0.2) is 13.6 Å². The zero-order chi connectivity index (χ0) is 18.7. The van der Waals surface area contributed by atoms with E-state index < -0.39 is 10.0 Å². The minimum absolute atomic E-state index is 0.0674. The maximum atomic E-state index is 12.6. The van der Waals surface area contributed by atoms with Gasteiger partial charge < -0.3 is 5.32 Å². The van der Waals surface area contributed by atoms with Crippen LogP contribution >= 0.6 is 11.3 Å². The van der Waals surface area contributed by atoms with Crippen LogP contribution in [-0.4, -0.2) is 14.3 Å². The van der Waals surface area contributed by atoms with E-state index in [1.165, 1.54) is 48.3 Å². The first kappa shape index (κ1) is 19.1. The number of rotatable bonds is 4. The Bertz CT molecular complexity index is 861. The number of sulfonamides is 1. The first-order valence-electron chi connectivity index (χ1n) is 8.90. The highest BCUT2D eigenvalue weighted by Crippen LogP contribution is 2.29. The lowest BCUT2D eigenvalue weighted by Crippen LogP contribution is -2.26. The van der Waals surface area contributed by atoms with Crippen molar-refractivity contribution >= 4 is 27.3 Å². The fourth-order valence-electron chi connectivity index (χ4n) is 3.25. The number of primary sulfonamides is 1. The molecule has 3 N–H and O–H groups in total.